The summed E-state index contributed by atoms with van der Waals surface area (Å²) in [4.78, 5) is 5.22. The maximum absolute atomic E-state index is 12.6. The molecule has 1 aromatic heterocycles. The van der Waals surface area contributed by atoms with E-state index >= 15 is 0 Å². The van der Waals surface area contributed by atoms with Crippen molar-refractivity contribution in [2.45, 2.75) is 38.6 Å². The lowest BCUT2D eigenvalue weighted by molar-refractivity contribution is 0.213. The van der Waals surface area contributed by atoms with Gasteiger partial charge in [0.15, 0.2) is 9.84 Å². The molecule has 8 heteroatoms. The summed E-state index contributed by atoms with van der Waals surface area (Å²) in [5.74, 6) is 0.0785. The maximum atomic E-state index is 12.6. The number of aromatic hydroxyl groups is 1. The molecule has 0 saturated carbocycles. The van der Waals surface area contributed by atoms with Crippen molar-refractivity contribution in [2.75, 3.05) is 12.9 Å². The SMILES string of the molecule is CCn1ncc(-c2cc(C)c3c(c2C)C(=NOC)CCS3(=O)=O)c1O. The van der Waals surface area contributed by atoms with Crippen molar-refractivity contribution in [1.29, 1.82) is 0 Å². The normalized spacial score (nSPS) is 17.5. The van der Waals surface area contributed by atoms with Crippen molar-refractivity contribution in [1.82, 2.24) is 9.78 Å². The van der Waals surface area contributed by atoms with E-state index in [1.165, 1.54) is 11.8 Å². The van der Waals surface area contributed by atoms with Crippen molar-refractivity contribution in [3.63, 3.8) is 0 Å². The predicted octanol–water partition coefficient (Wildman–Crippen LogP) is 2.42. The number of fused-ring (bicyclic) bond motifs is 1. The van der Waals surface area contributed by atoms with Gasteiger partial charge in [0.25, 0.3) is 0 Å². The van der Waals surface area contributed by atoms with Gasteiger partial charge in [0.1, 0.15) is 7.11 Å². The number of oxime groups is 1. The van der Waals surface area contributed by atoms with Gasteiger partial charge < -0.3 is 9.94 Å². The van der Waals surface area contributed by atoms with Gasteiger partial charge in [-0.2, -0.15) is 5.10 Å². The van der Waals surface area contributed by atoms with E-state index in [-0.39, 0.29) is 11.6 Å². The van der Waals surface area contributed by atoms with Gasteiger partial charge in [-0.25, -0.2) is 13.1 Å². The van der Waals surface area contributed by atoms with Gasteiger partial charge in [-0.05, 0) is 43.5 Å². The maximum Gasteiger partial charge on any atom is 0.217 e. The first-order valence-corrected chi connectivity index (χ1v) is 9.69. The molecule has 1 aliphatic heterocycles. The molecule has 2 aromatic rings. The van der Waals surface area contributed by atoms with Crippen LogP contribution in [0.15, 0.2) is 22.3 Å². The Balaban J connectivity index is 2.36. The number of hydrogen-bond acceptors (Lipinski definition) is 6. The lowest BCUT2D eigenvalue weighted by atomic mass is 9.92. The monoisotopic (exact) mass is 363 g/mol. The minimum Gasteiger partial charge on any atom is -0.493 e. The van der Waals surface area contributed by atoms with Crippen LogP contribution in [-0.4, -0.2) is 41.9 Å². The van der Waals surface area contributed by atoms with Crippen LogP contribution < -0.4 is 0 Å². The zero-order valence-electron chi connectivity index (χ0n) is 14.7. The first-order valence-electron chi connectivity index (χ1n) is 8.04. The first-order chi connectivity index (χ1) is 11.8. The van der Waals surface area contributed by atoms with Crippen LogP contribution in [0, 0.1) is 13.8 Å². The van der Waals surface area contributed by atoms with E-state index < -0.39 is 9.84 Å². The standard InChI is InChI=1S/C17H21N3O4S/c1-5-20-17(21)13(9-18-20)12-8-10(2)16-15(11(12)3)14(19-24-4)6-7-25(16,22)23/h8-9,21H,5-7H2,1-4H3. The first kappa shape index (κ1) is 17.5. The summed E-state index contributed by atoms with van der Waals surface area (Å²) in [7, 11) is -1.93. The van der Waals surface area contributed by atoms with Crippen LogP contribution in [0.3, 0.4) is 0 Å². The molecule has 0 aliphatic carbocycles. The van der Waals surface area contributed by atoms with Gasteiger partial charge in [-0.15, -0.1) is 0 Å². The Hall–Kier alpha value is -2.35. The minimum atomic E-state index is -3.37. The number of aryl methyl sites for hydroxylation is 2. The third kappa shape index (κ3) is 2.70. The molecule has 0 amide bonds. The fraction of sp³-hybridized carbons (Fsp3) is 0.412. The Morgan fingerprint density at radius 3 is 2.68 bits per heavy atom. The number of rotatable bonds is 3. The van der Waals surface area contributed by atoms with Crippen molar-refractivity contribution in [2.24, 2.45) is 5.16 Å². The molecule has 0 spiro atoms. The van der Waals surface area contributed by atoms with E-state index in [1.807, 2.05) is 13.8 Å². The minimum absolute atomic E-state index is 0.0147. The second kappa shape index (κ2) is 6.18. The Labute approximate surface area is 146 Å². The Kier molecular flexibility index (Phi) is 4.32. The molecular weight excluding hydrogens is 342 g/mol. The van der Waals surface area contributed by atoms with Gasteiger partial charge in [-0.1, -0.05) is 5.16 Å². The molecule has 3 rings (SSSR count). The molecule has 0 unspecified atom stereocenters. The number of nitrogens with zero attached hydrogens (tertiary/aromatic N) is 3. The van der Waals surface area contributed by atoms with Crippen LogP contribution in [0.1, 0.15) is 30.0 Å². The Morgan fingerprint density at radius 1 is 1.36 bits per heavy atom. The number of hydrogen-bond donors (Lipinski definition) is 1. The molecule has 25 heavy (non-hydrogen) atoms. The second-order valence-corrected chi connectivity index (χ2v) is 8.10. The molecule has 7 nitrogen and oxygen atoms in total. The van der Waals surface area contributed by atoms with E-state index in [9.17, 15) is 13.5 Å². The van der Waals surface area contributed by atoms with Gasteiger partial charge in [0, 0.05) is 18.5 Å². The van der Waals surface area contributed by atoms with Crippen LogP contribution in [0.5, 0.6) is 5.88 Å². The molecule has 0 fully saturated rings. The van der Waals surface area contributed by atoms with Crippen LogP contribution in [0.2, 0.25) is 0 Å². The fourth-order valence-corrected chi connectivity index (χ4v) is 5.18. The quantitative estimate of drug-likeness (QED) is 0.845. The van der Waals surface area contributed by atoms with Crippen molar-refractivity contribution >= 4 is 15.5 Å². The molecule has 1 aliphatic rings. The van der Waals surface area contributed by atoms with E-state index in [0.29, 0.717) is 40.3 Å². The summed E-state index contributed by atoms with van der Waals surface area (Å²) in [6.45, 7) is 6.02. The van der Waals surface area contributed by atoms with Crippen molar-refractivity contribution in [3.05, 3.63) is 29.0 Å². The average Bonchev–Trinajstić information content (AvgIpc) is 2.93. The van der Waals surface area contributed by atoms with E-state index in [0.717, 1.165) is 11.1 Å². The number of benzene rings is 1. The molecule has 0 atom stereocenters. The molecular formula is C17H21N3O4S. The van der Waals surface area contributed by atoms with Crippen LogP contribution in [0.25, 0.3) is 11.1 Å². The molecule has 134 valence electrons. The third-order valence-corrected chi connectivity index (χ3v) is 6.42. The summed E-state index contributed by atoms with van der Waals surface area (Å²) in [6.07, 6.45) is 1.89. The molecule has 1 N–H and O–H groups in total. The predicted molar refractivity (Wildman–Crippen MR) is 94.7 cm³/mol. The average molecular weight is 363 g/mol. The second-order valence-electron chi connectivity index (χ2n) is 6.06. The lowest BCUT2D eigenvalue weighted by Gasteiger charge is -2.23. The zero-order valence-corrected chi connectivity index (χ0v) is 15.5. The largest absolute Gasteiger partial charge is 0.493 e. The summed E-state index contributed by atoms with van der Waals surface area (Å²) < 4.78 is 26.7. The van der Waals surface area contributed by atoms with Gasteiger partial charge in [-0.3, -0.25) is 0 Å². The van der Waals surface area contributed by atoms with E-state index in [2.05, 4.69) is 10.3 Å². The number of aromatic nitrogens is 2. The summed E-state index contributed by atoms with van der Waals surface area (Å²) >= 11 is 0. The highest BCUT2D eigenvalue weighted by Gasteiger charge is 2.33. The summed E-state index contributed by atoms with van der Waals surface area (Å²) in [6, 6.07) is 1.79. The van der Waals surface area contributed by atoms with Crippen LogP contribution >= 0.6 is 0 Å². The van der Waals surface area contributed by atoms with E-state index in [4.69, 9.17) is 4.84 Å². The zero-order chi connectivity index (χ0) is 18.4. The summed E-state index contributed by atoms with van der Waals surface area (Å²) in [5.41, 5.74) is 3.87. The Bertz CT molecular complexity index is 974. The summed E-state index contributed by atoms with van der Waals surface area (Å²) in [5, 5.41) is 18.6. The van der Waals surface area contributed by atoms with E-state index in [1.54, 1.807) is 19.2 Å². The molecule has 2 heterocycles. The fourth-order valence-electron chi connectivity index (χ4n) is 3.38. The molecule has 1 aromatic carbocycles. The highest BCUT2D eigenvalue weighted by atomic mass is 32.2. The molecule has 0 radical (unpaired) electrons. The third-order valence-electron chi connectivity index (χ3n) is 4.54. The molecule has 0 saturated heterocycles. The van der Waals surface area contributed by atoms with Crippen LogP contribution in [-0.2, 0) is 21.2 Å². The van der Waals surface area contributed by atoms with Crippen molar-refractivity contribution < 1.29 is 18.4 Å². The topological polar surface area (TPSA) is 93.8 Å². The number of sulfone groups is 1. The van der Waals surface area contributed by atoms with Crippen molar-refractivity contribution in [3.8, 4) is 17.0 Å². The van der Waals surface area contributed by atoms with Crippen LogP contribution in [0.4, 0.5) is 0 Å². The Morgan fingerprint density at radius 2 is 2.08 bits per heavy atom. The molecule has 0 bridgehead atoms. The lowest BCUT2D eigenvalue weighted by Crippen LogP contribution is -2.24. The smallest absolute Gasteiger partial charge is 0.217 e. The van der Waals surface area contributed by atoms with Gasteiger partial charge >= 0.3 is 0 Å². The van der Waals surface area contributed by atoms with Gasteiger partial charge in [0.05, 0.1) is 28.1 Å². The highest BCUT2D eigenvalue weighted by Crippen LogP contribution is 2.39. The van der Waals surface area contributed by atoms with Gasteiger partial charge in [0.2, 0.25) is 5.88 Å². The highest BCUT2D eigenvalue weighted by molar-refractivity contribution is 7.91.